The maximum absolute atomic E-state index is 13.4. The highest BCUT2D eigenvalue weighted by molar-refractivity contribution is 7.85. The van der Waals surface area contributed by atoms with Crippen molar-refractivity contribution in [2.24, 2.45) is 0 Å². The van der Waals surface area contributed by atoms with Crippen molar-refractivity contribution in [2.45, 2.75) is 25.2 Å². The molecular weight excluding hydrogens is 548 g/mol. The van der Waals surface area contributed by atoms with E-state index >= 15 is 0 Å². The molecule has 0 unspecified atom stereocenters. The Kier molecular flexibility index (Phi) is 8.15. The summed E-state index contributed by atoms with van der Waals surface area (Å²) in [5.74, 6) is 0.729. The first-order valence-corrected chi connectivity index (χ1v) is 14.7. The molecule has 210 valence electrons. The Bertz CT molecular complexity index is 1860. The predicted molar refractivity (Wildman–Crippen MR) is 161 cm³/mol. The van der Waals surface area contributed by atoms with E-state index in [-0.39, 0.29) is 16.5 Å². The van der Waals surface area contributed by atoms with E-state index in [9.17, 15) is 18.0 Å². The summed E-state index contributed by atoms with van der Waals surface area (Å²) >= 11 is 0. The molecule has 0 aromatic heterocycles. The molecule has 0 fully saturated rings. The van der Waals surface area contributed by atoms with E-state index in [2.05, 4.69) is 0 Å². The number of hydrogen-bond acceptors (Lipinski definition) is 5. The zero-order valence-electron chi connectivity index (χ0n) is 23.1. The molecule has 0 atom stereocenters. The van der Waals surface area contributed by atoms with Crippen LogP contribution in [-0.2, 0) is 16.5 Å². The number of hydrogen-bond donors (Lipinski definition) is 1. The van der Waals surface area contributed by atoms with Gasteiger partial charge < -0.3 is 4.74 Å². The summed E-state index contributed by atoms with van der Waals surface area (Å²) in [5, 5.41) is 0. The Morgan fingerprint density at radius 2 is 1.10 bits per heavy atom. The lowest BCUT2D eigenvalue weighted by Crippen LogP contribution is -2.05. The second-order valence-corrected chi connectivity index (χ2v) is 11.5. The summed E-state index contributed by atoms with van der Waals surface area (Å²) in [5.41, 5.74) is 6.37. The molecule has 0 saturated heterocycles. The Morgan fingerprint density at radius 3 is 1.67 bits per heavy atom. The molecule has 0 spiro atoms. The summed E-state index contributed by atoms with van der Waals surface area (Å²) in [4.78, 5) is 26.0. The summed E-state index contributed by atoms with van der Waals surface area (Å²) in [6.45, 7) is 3.89. The largest absolute Gasteiger partial charge is 0.457 e. The van der Waals surface area contributed by atoms with Crippen molar-refractivity contribution in [1.29, 1.82) is 0 Å². The Morgan fingerprint density at radius 1 is 0.619 bits per heavy atom. The number of aryl methyl sites for hydroxylation is 2. The molecule has 1 N–H and O–H groups in total. The molecule has 0 aliphatic heterocycles. The fourth-order valence-corrected chi connectivity index (χ4v) is 5.03. The van der Waals surface area contributed by atoms with Crippen LogP contribution >= 0.6 is 0 Å². The van der Waals surface area contributed by atoms with Gasteiger partial charge in [-0.2, -0.15) is 8.42 Å². The molecule has 0 amide bonds. The van der Waals surface area contributed by atoms with Crippen LogP contribution in [-0.4, -0.2) is 24.5 Å². The minimum atomic E-state index is -4.28. The summed E-state index contributed by atoms with van der Waals surface area (Å²) < 4.78 is 37.3. The van der Waals surface area contributed by atoms with Gasteiger partial charge in [-0.25, -0.2) is 0 Å². The predicted octanol–water partition coefficient (Wildman–Crippen LogP) is 7.40. The number of ketones is 2. The van der Waals surface area contributed by atoms with Crippen LogP contribution in [0.15, 0.2) is 120 Å². The van der Waals surface area contributed by atoms with Gasteiger partial charge in [0.25, 0.3) is 10.1 Å². The summed E-state index contributed by atoms with van der Waals surface area (Å²) in [6, 6.07) is 33.0. The molecular formula is C35H28O6S. The van der Waals surface area contributed by atoms with Crippen LogP contribution in [0.4, 0.5) is 0 Å². The second kappa shape index (κ2) is 11.9. The molecule has 0 aliphatic rings. The van der Waals surface area contributed by atoms with Crippen molar-refractivity contribution in [3.8, 4) is 11.5 Å². The third kappa shape index (κ3) is 6.71. The van der Waals surface area contributed by atoms with Crippen LogP contribution in [0.2, 0.25) is 0 Å². The molecule has 0 aliphatic carbocycles. The van der Waals surface area contributed by atoms with Crippen molar-refractivity contribution >= 4 is 21.7 Å². The summed E-state index contributed by atoms with van der Waals surface area (Å²) in [7, 11) is -4.28. The van der Waals surface area contributed by atoms with E-state index in [0.29, 0.717) is 40.2 Å². The lowest BCUT2D eigenvalue weighted by molar-refractivity contribution is 0.103. The highest BCUT2D eigenvalue weighted by Gasteiger charge is 2.15. The van der Waals surface area contributed by atoms with Crippen molar-refractivity contribution in [3.63, 3.8) is 0 Å². The van der Waals surface area contributed by atoms with Gasteiger partial charge in [0.05, 0.1) is 4.90 Å². The first-order chi connectivity index (χ1) is 20.1. The minimum Gasteiger partial charge on any atom is -0.457 e. The average Bonchev–Trinajstić information content (AvgIpc) is 2.98. The fourth-order valence-electron chi connectivity index (χ4n) is 4.55. The number of ether oxygens (including phenoxy) is 1. The van der Waals surface area contributed by atoms with Gasteiger partial charge in [0.2, 0.25) is 0 Å². The Labute approximate surface area is 245 Å². The van der Waals surface area contributed by atoms with Crippen molar-refractivity contribution in [3.05, 3.63) is 160 Å². The molecule has 5 aromatic carbocycles. The number of carbonyl (C=O) groups is 2. The molecule has 0 bridgehead atoms. The fraction of sp³-hybridized carbons (Fsp3) is 0.0857. The van der Waals surface area contributed by atoms with Crippen LogP contribution < -0.4 is 4.74 Å². The normalized spacial score (nSPS) is 11.2. The van der Waals surface area contributed by atoms with E-state index in [4.69, 9.17) is 9.29 Å². The molecule has 6 nitrogen and oxygen atoms in total. The van der Waals surface area contributed by atoms with Crippen LogP contribution in [0.3, 0.4) is 0 Å². The van der Waals surface area contributed by atoms with Gasteiger partial charge in [-0.3, -0.25) is 14.1 Å². The molecule has 42 heavy (non-hydrogen) atoms. The average molecular weight is 577 g/mol. The molecule has 5 rings (SSSR count). The number of carbonyl (C=O) groups excluding carboxylic acids is 2. The van der Waals surface area contributed by atoms with Crippen LogP contribution in [0.1, 0.15) is 54.1 Å². The molecule has 7 heteroatoms. The monoisotopic (exact) mass is 576 g/mol. The first-order valence-electron chi connectivity index (χ1n) is 13.3. The van der Waals surface area contributed by atoms with E-state index in [0.717, 1.165) is 22.3 Å². The van der Waals surface area contributed by atoms with Gasteiger partial charge in [0.1, 0.15) is 11.5 Å². The third-order valence-electron chi connectivity index (χ3n) is 6.96. The molecule has 0 heterocycles. The number of benzene rings is 5. The van der Waals surface area contributed by atoms with Gasteiger partial charge in [-0.15, -0.1) is 0 Å². The smallest absolute Gasteiger partial charge is 0.294 e. The van der Waals surface area contributed by atoms with Gasteiger partial charge >= 0.3 is 0 Å². The maximum atomic E-state index is 13.4. The zero-order chi connectivity index (χ0) is 29.9. The van der Waals surface area contributed by atoms with Gasteiger partial charge in [0.15, 0.2) is 11.6 Å². The lowest BCUT2D eigenvalue weighted by atomic mass is 9.94. The highest BCUT2D eigenvalue weighted by atomic mass is 32.2. The summed E-state index contributed by atoms with van der Waals surface area (Å²) in [6.07, 6.45) is 0.614. The van der Waals surface area contributed by atoms with Crippen molar-refractivity contribution in [1.82, 2.24) is 0 Å². The minimum absolute atomic E-state index is 0.0174. The van der Waals surface area contributed by atoms with Crippen LogP contribution in [0, 0.1) is 13.8 Å². The van der Waals surface area contributed by atoms with E-state index in [1.807, 2.05) is 80.6 Å². The first kappa shape index (κ1) is 28.7. The Balaban J connectivity index is 1.27. The van der Waals surface area contributed by atoms with E-state index < -0.39 is 10.1 Å². The molecule has 5 aromatic rings. The Hall–Kier alpha value is -4.85. The number of rotatable bonds is 9. The van der Waals surface area contributed by atoms with Crippen LogP contribution in [0.5, 0.6) is 11.5 Å². The quantitative estimate of drug-likeness (QED) is 0.145. The van der Waals surface area contributed by atoms with Gasteiger partial charge in [-0.1, -0.05) is 66.2 Å². The third-order valence-corrected chi connectivity index (χ3v) is 7.83. The zero-order valence-corrected chi connectivity index (χ0v) is 23.9. The van der Waals surface area contributed by atoms with E-state index in [1.165, 1.54) is 24.3 Å². The SMILES string of the molecule is Cc1ccc(C(=O)c2ccc(Cc3ccc(C)c(C(=O)c4ccc(Oc5ccc(S(=O)(=O)O)cc5)cc4)c3)cc2)cc1. The maximum Gasteiger partial charge on any atom is 0.294 e. The second-order valence-electron chi connectivity index (χ2n) is 10.1. The standard InChI is InChI=1S/C35H28O6S/c1-23-3-9-27(10-4-23)34(36)28-11-7-25(8-12-28)21-26-6-5-24(2)33(22-26)35(37)29-13-15-30(16-14-29)41-31-17-19-32(20-18-31)42(38,39)40/h3-20,22H,21H2,1-2H3,(H,38,39,40). The highest BCUT2D eigenvalue weighted by Crippen LogP contribution is 2.25. The molecule has 0 radical (unpaired) electrons. The van der Waals surface area contributed by atoms with Gasteiger partial charge in [0, 0.05) is 22.3 Å². The lowest BCUT2D eigenvalue weighted by Gasteiger charge is -2.10. The van der Waals surface area contributed by atoms with E-state index in [1.54, 1.807) is 24.3 Å². The van der Waals surface area contributed by atoms with Gasteiger partial charge in [-0.05, 0) is 91.6 Å². The van der Waals surface area contributed by atoms with Crippen molar-refractivity contribution < 1.29 is 27.3 Å². The topological polar surface area (TPSA) is 97.7 Å². The molecule has 0 saturated carbocycles. The van der Waals surface area contributed by atoms with Crippen molar-refractivity contribution in [2.75, 3.05) is 0 Å². The van der Waals surface area contributed by atoms with Crippen LogP contribution in [0.25, 0.3) is 0 Å².